The Balaban J connectivity index is 0.000000299. The van der Waals surface area contributed by atoms with Gasteiger partial charge in [0.15, 0.2) is 0 Å². The number of hydrogen-bond acceptors (Lipinski definition) is 4. The number of methoxy groups -OCH3 is 1. The Bertz CT molecular complexity index is 768. The minimum atomic E-state index is 0.00974. The van der Waals surface area contributed by atoms with Crippen molar-refractivity contribution in [3.8, 4) is 0 Å². The number of rotatable bonds is 5. The highest BCUT2D eigenvalue weighted by molar-refractivity contribution is 5.89. The summed E-state index contributed by atoms with van der Waals surface area (Å²) in [6.07, 6.45) is 9.92. The van der Waals surface area contributed by atoms with E-state index in [1.807, 2.05) is 23.2 Å². The van der Waals surface area contributed by atoms with Gasteiger partial charge in [0.1, 0.15) is 5.65 Å². The number of fused-ring (bicyclic) bond motifs is 1. The van der Waals surface area contributed by atoms with E-state index in [0.717, 1.165) is 42.1 Å². The van der Waals surface area contributed by atoms with Crippen molar-refractivity contribution in [3.05, 3.63) is 37.2 Å². The molecule has 3 heterocycles. The van der Waals surface area contributed by atoms with Crippen LogP contribution in [0.15, 0.2) is 37.2 Å². The van der Waals surface area contributed by atoms with Gasteiger partial charge < -0.3 is 19.9 Å². The molecule has 6 nitrogen and oxygen atoms in total. The number of amides is 1. The Morgan fingerprint density at radius 2 is 2.22 bits per heavy atom. The number of carbonyl (C=O) groups excluding carboxylic acids is 1. The number of aromatic nitrogens is 2. The van der Waals surface area contributed by atoms with Gasteiger partial charge in [0.05, 0.1) is 0 Å². The minimum absolute atomic E-state index is 0.00974. The number of hydrogen-bond donors (Lipinski definition) is 2. The lowest BCUT2D eigenvalue weighted by Gasteiger charge is -2.38. The smallest absolute Gasteiger partial charge is 0.246 e. The fraction of sp³-hybridized carbons (Fsp3) is 0.524. The lowest BCUT2D eigenvalue weighted by Crippen LogP contribution is -2.49. The van der Waals surface area contributed by atoms with Crippen LogP contribution < -0.4 is 5.32 Å². The molecule has 1 amide bonds. The zero-order valence-electron chi connectivity index (χ0n) is 16.3. The lowest BCUT2D eigenvalue weighted by atomic mass is 9.99. The molecular formula is C21H30N4O2. The number of aromatic amines is 1. The number of carbonyl (C=O) groups is 1. The highest BCUT2D eigenvalue weighted by Crippen LogP contribution is 2.28. The predicted octanol–water partition coefficient (Wildman–Crippen LogP) is 3.58. The van der Waals surface area contributed by atoms with Crippen molar-refractivity contribution in [1.82, 2.24) is 14.9 Å². The maximum Gasteiger partial charge on any atom is 0.246 e. The van der Waals surface area contributed by atoms with Crippen molar-refractivity contribution in [1.29, 1.82) is 0 Å². The Hall–Kier alpha value is -2.34. The number of anilines is 1. The van der Waals surface area contributed by atoms with Crippen LogP contribution in [0.25, 0.3) is 11.0 Å². The average Bonchev–Trinajstić information content (AvgIpc) is 3.36. The van der Waals surface area contributed by atoms with Crippen LogP contribution in [0, 0.1) is 5.92 Å². The van der Waals surface area contributed by atoms with Gasteiger partial charge in [-0.15, -0.1) is 0 Å². The molecule has 1 saturated heterocycles. The van der Waals surface area contributed by atoms with Gasteiger partial charge in [0.25, 0.3) is 0 Å². The predicted molar refractivity (Wildman–Crippen MR) is 109 cm³/mol. The molecule has 1 aliphatic heterocycles. The largest absolute Gasteiger partial charge is 0.384 e. The zero-order valence-corrected chi connectivity index (χ0v) is 16.3. The first-order valence-corrected chi connectivity index (χ1v) is 9.73. The summed E-state index contributed by atoms with van der Waals surface area (Å²) >= 11 is 0. The van der Waals surface area contributed by atoms with Gasteiger partial charge in [0, 0.05) is 55.8 Å². The quantitative estimate of drug-likeness (QED) is 0.789. The number of pyridine rings is 1. The van der Waals surface area contributed by atoms with E-state index < -0.39 is 0 Å². The molecule has 146 valence electrons. The normalized spacial score (nSPS) is 22.1. The minimum Gasteiger partial charge on any atom is -0.384 e. The second-order valence-electron chi connectivity index (χ2n) is 7.46. The van der Waals surface area contributed by atoms with Crippen LogP contribution in [0.4, 0.5) is 5.69 Å². The number of nitrogens with zero attached hydrogens (tertiary/aromatic N) is 2. The van der Waals surface area contributed by atoms with Gasteiger partial charge in [-0.3, -0.25) is 4.79 Å². The average molecular weight is 370 g/mol. The van der Waals surface area contributed by atoms with Crippen LogP contribution in [-0.2, 0) is 9.53 Å². The van der Waals surface area contributed by atoms with Crippen molar-refractivity contribution in [3.63, 3.8) is 0 Å². The summed E-state index contributed by atoms with van der Waals surface area (Å²) in [6, 6.07) is 4.53. The molecular weight excluding hydrogens is 340 g/mol. The standard InChI is InChI=1S/C16H20N4O.C5H10O/c1-3-15(21)20-10-12(5-4-11(20)2)19-14-7-9-18-16-13(14)6-8-17-16;1-6-4-5-2-3-5/h3,6-9,11-12H,1,4-5,10H2,2H3,(H2,17,18,19);5H,2-4H2,1H3. The summed E-state index contributed by atoms with van der Waals surface area (Å²) in [7, 11) is 1.76. The van der Waals surface area contributed by atoms with Crippen LogP contribution in [0.1, 0.15) is 32.6 Å². The van der Waals surface area contributed by atoms with Crippen LogP contribution in [-0.4, -0.2) is 53.1 Å². The van der Waals surface area contributed by atoms with E-state index in [1.165, 1.54) is 18.9 Å². The second-order valence-corrected chi connectivity index (χ2v) is 7.46. The molecule has 2 N–H and O–H groups in total. The van der Waals surface area contributed by atoms with Gasteiger partial charge in [-0.25, -0.2) is 4.98 Å². The fourth-order valence-corrected chi connectivity index (χ4v) is 3.48. The summed E-state index contributed by atoms with van der Waals surface area (Å²) in [5.74, 6) is 0.936. The van der Waals surface area contributed by atoms with Gasteiger partial charge in [0.2, 0.25) is 5.91 Å². The van der Waals surface area contributed by atoms with Crippen LogP contribution in [0.3, 0.4) is 0 Å². The van der Waals surface area contributed by atoms with Crippen molar-refractivity contribution in [2.24, 2.45) is 5.92 Å². The molecule has 1 aliphatic carbocycles. The highest BCUT2D eigenvalue weighted by atomic mass is 16.5. The topological polar surface area (TPSA) is 70.2 Å². The molecule has 4 rings (SSSR count). The summed E-state index contributed by atoms with van der Waals surface area (Å²) in [6.45, 7) is 7.38. The van der Waals surface area contributed by atoms with Crippen LogP contribution in [0.2, 0.25) is 0 Å². The van der Waals surface area contributed by atoms with Crippen molar-refractivity contribution >= 4 is 22.6 Å². The molecule has 2 aliphatic rings. The zero-order chi connectivity index (χ0) is 19.2. The van der Waals surface area contributed by atoms with E-state index in [4.69, 9.17) is 4.74 Å². The van der Waals surface area contributed by atoms with Crippen molar-refractivity contribution in [2.75, 3.05) is 25.6 Å². The Morgan fingerprint density at radius 3 is 2.89 bits per heavy atom. The molecule has 0 radical (unpaired) electrons. The first kappa shape index (κ1) is 19.4. The van der Waals surface area contributed by atoms with Gasteiger partial charge >= 0.3 is 0 Å². The maximum atomic E-state index is 11.9. The molecule has 0 bridgehead atoms. The van der Waals surface area contributed by atoms with Gasteiger partial charge in [-0.2, -0.15) is 0 Å². The van der Waals surface area contributed by atoms with Crippen LogP contribution in [0.5, 0.6) is 0 Å². The summed E-state index contributed by atoms with van der Waals surface area (Å²) < 4.78 is 4.87. The number of piperidine rings is 1. The molecule has 0 aromatic carbocycles. The molecule has 6 heteroatoms. The van der Waals surface area contributed by atoms with Crippen molar-refractivity contribution in [2.45, 2.75) is 44.7 Å². The molecule has 0 spiro atoms. The number of ether oxygens (including phenoxy) is 1. The van der Waals surface area contributed by atoms with E-state index >= 15 is 0 Å². The summed E-state index contributed by atoms with van der Waals surface area (Å²) in [4.78, 5) is 21.2. The molecule has 2 fully saturated rings. The third-order valence-electron chi connectivity index (χ3n) is 5.26. The Labute approximate surface area is 161 Å². The monoisotopic (exact) mass is 370 g/mol. The Kier molecular flexibility index (Phi) is 6.50. The van der Waals surface area contributed by atoms with E-state index in [1.54, 1.807) is 13.3 Å². The molecule has 2 aromatic heterocycles. The third kappa shape index (κ3) is 5.10. The van der Waals surface area contributed by atoms with E-state index in [0.29, 0.717) is 6.54 Å². The van der Waals surface area contributed by atoms with Gasteiger partial charge in [-0.05, 0) is 56.7 Å². The van der Waals surface area contributed by atoms with E-state index in [2.05, 4.69) is 28.8 Å². The third-order valence-corrected chi connectivity index (χ3v) is 5.26. The second kappa shape index (κ2) is 9.04. The summed E-state index contributed by atoms with van der Waals surface area (Å²) in [5, 5.41) is 4.63. The highest BCUT2D eigenvalue weighted by Gasteiger charge is 2.27. The van der Waals surface area contributed by atoms with E-state index in [9.17, 15) is 4.79 Å². The first-order chi connectivity index (χ1) is 13.1. The SMILES string of the molecule is C=CC(=O)N1CC(Nc2ccnc3[nH]ccc23)CCC1C.COCC1CC1. The lowest BCUT2D eigenvalue weighted by molar-refractivity contribution is -0.129. The molecule has 2 aromatic rings. The molecule has 27 heavy (non-hydrogen) atoms. The van der Waals surface area contributed by atoms with Crippen LogP contribution >= 0.6 is 0 Å². The number of likely N-dealkylation sites (tertiary alicyclic amines) is 1. The van der Waals surface area contributed by atoms with Gasteiger partial charge in [-0.1, -0.05) is 6.58 Å². The first-order valence-electron chi connectivity index (χ1n) is 9.73. The Morgan fingerprint density at radius 1 is 1.41 bits per heavy atom. The van der Waals surface area contributed by atoms with Crippen molar-refractivity contribution < 1.29 is 9.53 Å². The molecule has 1 saturated carbocycles. The maximum absolute atomic E-state index is 11.9. The fourth-order valence-electron chi connectivity index (χ4n) is 3.48. The summed E-state index contributed by atoms with van der Waals surface area (Å²) in [5.41, 5.74) is 1.94. The molecule has 2 unspecified atom stereocenters. The van der Waals surface area contributed by atoms with E-state index in [-0.39, 0.29) is 18.0 Å². The number of H-pyrrole nitrogens is 1. The molecule has 2 atom stereocenters. The number of nitrogens with one attached hydrogen (secondary N) is 2.